The van der Waals surface area contributed by atoms with Crippen molar-refractivity contribution >= 4 is 69.7 Å². The Morgan fingerprint density at radius 2 is 0.852 bits per heavy atom. The first-order valence-corrected chi connectivity index (χ1v) is 29.6. The Kier molecular flexibility index (Phi) is 24.2. The molecule has 460 valence electrons. The molecule has 0 radical (unpaired) electrons. The number of thiocarbonyl (C=S) groups is 2. The van der Waals surface area contributed by atoms with E-state index in [2.05, 4.69) is 42.1 Å². The normalized spacial score (nSPS) is 10.9. The van der Waals surface area contributed by atoms with E-state index >= 15 is 0 Å². The Morgan fingerprint density at radius 1 is 0.500 bits per heavy atom. The fourth-order valence-electron chi connectivity index (χ4n) is 9.76. The lowest BCUT2D eigenvalue weighted by Gasteiger charge is -2.35. The number of nitrogens with zero attached hydrogens (tertiary/aromatic N) is 4. The van der Waals surface area contributed by atoms with Crippen molar-refractivity contribution in [2.45, 2.75) is 111 Å². The van der Waals surface area contributed by atoms with Gasteiger partial charge in [0.25, 0.3) is 0 Å². The highest BCUT2D eigenvalue weighted by molar-refractivity contribution is 7.80. The molecule has 22 heteroatoms. The van der Waals surface area contributed by atoms with Gasteiger partial charge in [-0.3, -0.25) is 33.6 Å². The number of pyridine rings is 3. The van der Waals surface area contributed by atoms with Crippen molar-refractivity contribution < 1.29 is 33.4 Å². The summed E-state index contributed by atoms with van der Waals surface area (Å²) >= 11 is 10.3. The van der Waals surface area contributed by atoms with E-state index in [1.165, 1.54) is 18.2 Å². The number of amides is 4. The number of anilines is 1. The minimum Gasteiger partial charge on any atom is -0.483 e. The van der Waals surface area contributed by atoms with E-state index in [4.69, 9.17) is 38.6 Å². The number of aliphatic imine (C=N–C) groups is 1. The van der Waals surface area contributed by atoms with Gasteiger partial charge in [-0.1, -0.05) is 91.0 Å². The van der Waals surface area contributed by atoms with E-state index in [0.29, 0.717) is 45.5 Å². The van der Waals surface area contributed by atoms with Crippen molar-refractivity contribution in [3.05, 3.63) is 215 Å². The second-order valence-corrected chi connectivity index (χ2v) is 21.9. The highest BCUT2D eigenvalue weighted by Gasteiger charge is 2.34. The minimum absolute atomic E-state index is 0.0559. The van der Waals surface area contributed by atoms with Crippen molar-refractivity contribution in [1.82, 2.24) is 40.3 Å². The van der Waals surface area contributed by atoms with Crippen molar-refractivity contribution in [2.75, 3.05) is 11.9 Å². The van der Waals surface area contributed by atoms with Gasteiger partial charge in [0, 0.05) is 99.9 Å². The van der Waals surface area contributed by atoms with Gasteiger partial charge in [0.2, 0.25) is 39.9 Å². The highest BCUT2D eigenvalue weighted by atomic mass is 32.1. The smallest absolute Gasteiger partial charge is 0.224 e. The molecule has 6 N–H and O–H groups in total. The summed E-state index contributed by atoms with van der Waals surface area (Å²) in [7, 11) is 5.30. The molecular formula is C66H74N10O10S2. The average molecular weight is 1230 g/mol. The summed E-state index contributed by atoms with van der Waals surface area (Å²) in [5.74, 6) is -1.61. The van der Waals surface area contributed by atoms with Gasteiger partial charge in [0.1, 0.15) is 19.8 Å². The molecule has 0 unspecified atom stereocenters. The van der Waals surface area contributed by atoms with Crippen molar-refractivity contribution in [1.29, 1.82) is 0 Å². The summed E-state index contributed by atoms with van der Waals surface area (Å²) in [5, 5.41) is 20.7. The third kappa shape index (κ3) is 19.3. The first-order chi connectivity index (χ1) is 42.3. The molecule has 0 aliphatic heterocycles. The maximum atomic E-state index is 14.4. The molecule has 88 heavy (non-hydrogen) atoms. The standard InChI is InChI=1S/C66H74N10O10S2/c1-44-34-55(77)62(84-40-47-16-10-7-11-17-47)52(74(44)4)37-68-58(80)26-30-66(73-61(83)29-33-67-65(88)72-51-24-22-50(23-25-51)71-43-87,31-27-59(81)69-38-53-63(56(78)35-45(2)75(53)5)85-41-48-18-12-8-13-19-48)32-28-60(82)70-39-54-64(57(79)36-46(3)76(54)6)86-42-49-20-14-9-15-21-49/h7-25,34-36H,26-33,37-42H2,1-6H3,(H,68,80)(H,69,81)(H,70,82)(H,73,83)(H2,67,72,88). The number of carbonyl (C=O) groups excluding carboxylic acids is 4. The molecule has 0 spiro atoms. The highest BCUT2D eigenvalue weighted by Crippen LogP contribution is 2.28. The fraction of sp³-hybridized carbons (Fsp3) is 0.318. The van der Waals surface area contributed by atoms with Gasteiger partial charge in [-0.05, 0) is 105 Å². The number of aromatic nitrogens is 3. The van der Waals surface area contributed by atoms with Crippen LogP contribution < -0.4 is 62.4 Å². The molecule has 7 aromatic rings. The number of aryl methyl sites for hydroxylation is 3. The lowest BCUT2D eigenvalue weighted by atomic mass is 9.83. The Balaban J connectivity index is 1.14. The Morgan fingerprint density at radius 3 is 1.19 bits per heavy atom. The van der Waals surface area contributed by atoms with E-state index < -0.39 is 29.2 Å². The number of rotatable bonds is 30. The van der Waals surface area contributed by atoms with Crippen molar-refractivity contribution in [3.63, 3.8) is 0 Å². The predicted molar refractivity (Wildman–Crippen MR) is 346 cm³/mol. The second-order valence-electron chi connectivity index (χ2n) is 21.3. The molecule has 20 nitrogen and oxygen atoms in total. The number of nitrogens with one attached hydrogen (secondary N) is 6. The molecule has 0 saturated heterocycles. The minimum atomic E-state index is -1.39. The summed E-state index contributed by atoms with van der Waals surface area (Å²) in [4.78, 5) is 101. The van der Waals surface area contributed by atoms with Gasteiger partial charge < -0.3 is 59.8 Å². The van der Waals surface area contributed by atoms with Gasteiger partial charge in [-0.25, -0.2) is 0 Å². The van der Waals surface area contributed by atoms with Gasteiger partial charge in [-0.15, -0.1) is 0 Å². The Hall–Kier alpha value is -9.50. The molecular weight excluding hydrogens is 1160 g/mol. The molecule has 0 saturated carbocycles. The zero-order chi connectivity index (χ0) is 63.2. The van der Waals surface area contributed by atoms with Crippen LogP contribution in [0.4, 0.5) is 11.4 Å². The molecule has 0 bridgehead atoms. The van der Waals surface area contributed by atoms with E-state index in [9.17, 15) is 33.6 Å². The van der Waals surface area contributed by atoms with Crippen LogP contribution in [0.25, 0.3) is 0 Å². The molecule has 0 atom stereocenters. The monoisotopic (exact) mass is 1230 g/mol. The molecule has 0 aliphatic rings. The summed E-state index contributed by atoms with van der Waals surface area (Å²) < 4.78 is 23.6. The van der Waals surface area contributed by atoms with E-state index in [1.807, 2.05) is 91.0 Å². The molecule has 4 amide bonds. The van der Waals surface area contributed by atoms with Crippen LogP contribution in [0.3, 0.4) is 0 Å². The van der Waals surface area contributed by atoms with Crippen LogP contribution >= 0.6 is 24.4 Å². The fourth-order valence-corrected chi connectivity index (χ4v) is 10.1. The summed E-state index contributed by atoms with van der Waals surface area (Å²) in [6, 6.07) is 39.5. The number of hydrogen-bond acceptors (Lipinski definition) is 13. The molecule has 7 rings (SSSR count). The van der Waals surface area contributed by atoms with Crippen LogP contribution in [0, 0.1) is 20.8 Å². The molecule has 3 heterocycles. The summed E-state index contributed by atoms with van der Waals surface area (Å²) in [6.45, 7) is 5.44. The Labute approximate surface area is 521 Å². The predicted octanol–water partition coefficient (Wildman–Crippen LogP) is 8.00. The maximum Gasteiger partial charge on any atom is 0.224 e. The largest absolute Gasteiger partial charge is 0.483 e. The lowest BCUT2D eigenvalue weighted by Crippen LogP contribution is -2.51. The molecule has 0 fully saturated rings. The van der Waals surface area contributed by atoms with Gasteiger partial charge in [-0.2, -0.15) is 4.99 Å². The van der Waals surface area contributed by atoms with E-state index in [-0.39, 0.29) is 130 Å². The quantitative estimate of drug-likeness (QED) is 0.0185. The van der Waals surface area contributed by atoms with E-state index in [1.54, 1.807) is 79.9 Å². The third-order valence-electron chi connectivity index (χ3n) is 15.2. The number of ether oxygens (including phenoxy) is 3. The van der Waals surface area contributed by atoms with Crippen LogP contribution in [0.2, 0.25) is 0 Å². The zero-order valence-corrected chi connectivity index (χ0v) is 51.9. The van der Waals surface area contributed by atoms with Gasteiger partial charge in [0.15, 0.2) is 22.4 Å². The summed E-state index contributed by atoms with van der Waals surface area (Å²) in [6.07, 6.45) is -0.898. The number of isothiocyanates is 1. The topological polar surface area (TPSA) is 247 Å². The van der Waals surface area contributed by atoms with Crippen molar-refractivity contribution in [2.24, 2.45) is 26.1 Å². The molecule has 3 aromatic heterocycles. The van der Waals surface area contributed by atoms with Crippen LogP contribution in [-0.4, -0.2) is 59.7 Å². The van der Waals surface area contributed by atoms with Crippen LogP contribution in [0.1, 0.15) is 95.8 Å². The lowest BCUT2D eigenvalue weighted by molar-refractivity contribution is -0.127. The molecule has 0 aliphatic carbocycles. The van der Waals surface area contributed by atoms with Crippen LogP contribution in [-0.2, 0) is 79.8 Å². The zero-order valence-electron chi connectivity index (χ0n) is 50.3. The average Bonchev–Trinajstić information content (AvgIpc) is 2.62. The second kappa shape index (κ2) is 32.3. The number of hydrogen-bond donors (Lipinski definition) is 6. The summed E-state index contributed by atoms with van der Waals surface area (Å²) in [5.41, 5.74) is 4.53. The Bertz CT molecular complexity index is 3510. The SMILES string of the molecule is Cc1cc(=O)c(OCc2ccccc2)c(CNC(=O)CCC(CCC(=O)NCc2c(OCc3ccccc3)c(=O)cc(C)n2C)(CCC(=O)NCc2c(OCc3ccccc3)c(=O)cc(C)n2C)NC(=O)CCNC(=S)Nc2ccc(N=C=S)cc2)n1C. The maximum absolute atomic E-state index is 14.4. The number of benzene rings is 4. The van der Waals surface area contributed by atoms with Gasteiger partial charge in [0.05, 0.1) is 47.6 Å². The van der Waals surface area contributed by atoms with Crippen LogP contribution in [0.5, 0.6) is 17.2 Å². The van der Waals surface area contributed by atoms with Crippen LogP contribution in [0.15, 0.2) is 153 Å². The van der Waals surface area contributed by atoms with Crippen molar-refractivity contribution in [3.8, 4) is 17.2 Å². The van der Waals surface area contributed by atoms with Gasteiger partial charge >= 0.3 is 0 Å². The third-order valence-corrected chi connectivity index (χ3v) is 15.5. The first-order valence-electron chi connectivity index (χ1n) is 28.7. The first kappa shape index (κ1) is 66.0. The molecule has 4 aromatic carbocycles. The van der Waals surface area contributed by atoms with E-state index in [0.717, 1.165) is 16.7 Å². The number of carbonyl (C=O) groups is 4.